The van der Waals surface area contributed by atoms with E-state index in [9.17, 15) is 0 Å². The maximum atomic E-state index is 6.27. The highest BCUT2D eigenvalue weighted by Crippen LogP contribution is 2.41. The van der Waals surface area contributed by atoms with Gasteiger partial charge in [-0.25, -0.2) is 0 Å². The van der Waals surface area contributed by atoms with Crippen LogP contribution < -0.4 is 4.90 Å². The highest BCUT2D eigenvalue weighted by atomic mass is 16.3. The molecule has 1 heterocycles. The van der Waals surface area contributed by atoms with Gasteiger partial charge in [-0.3, -0.25) is 0 Å². The molecule has 0 saturated carbocycles. The summed E-state index contributed by atoms with van der Waals surface area (Å²) in [7, 11) is 0. The lowest BCUT2D eigenvalue weighted by Gasteiger charge is -2.27. The van der Waals surface area contributed by atoms with E-state index in [4.69, 9.17) is 4.42 Å². The predicted octanol–water partition coefficient (Wildman–Crippen LogP) is 14.4. The number of furan rings is 1. The van der Waals surface area contributed by atoms with Crippen molar-refractivity contribution in [2.45, 2.75) is 0 Å². The summed E-state index contributed by atoms with van der Waals surface area (Å²) in [5, 5.41) is 7.35. The molecule has 0 bridgehead atoms. The maximum Gasteiger partial charge on any atom is 0.136 e. The van der Waals surface area contributed by atoms with Crippen molar-refractivity contribution in [1.29, 1.82) is 0 Å². The zero-order chi connectivity index (χ0) is 34.4. The fraction of sp³-hybridized carbons (Fsp3) is 0. The molecule has 0 aliphatic carbocycles. The monoisotopic (exact) mass is 663 g/mol. The highest BCUT2D eigenvalue weighted by molar-refractivity contribution is 6.12. The van der Waals surface area contributed by atoms with Crippen molar-refractivity contribution in [1.82, 2.24) is 0 Å². The first kappa shape index (κ1) is 30.0. The zero-order valence-electron chi connectivity index (χ0n) is 28.4. The second-order valence-corrected chi connectivity index (χ2v) is 13.3. The van der Waals surface area contributed by atoms with Crippen LogP contribution in [0, 0.1) is 0 Å². The molecule has 0 unspecified atom stereocenters. The average Bonchev–Trinajstić information content (AvgIpc) is 3.60. The third-order valence-corrected chi connectivity index (χ3v) is 10.3. The Morgan fingerprint density at radius 1 is 0.288 bits per heavy atom. The first-order valence-corrected chi connectivity index (χ1v) is 17.8. The number of anilines is 3. The summed E-state index contributed by atoms with van der Waals surface area (Å²) >= 11 is 0. The molecule has 0 aliphatic heterocycles. The van der Waals surface area contributed by atoms with Crippen molar-refractivity contribution in [2.24, 2.45) is 0 Å². The molecule has 2 nitrogen and oxygen atoms in total. The normalized spacial score (nSPS) is 11.5. The number of hydrogen-bond donors (Lipinski definition) is 0. The summed E-state index contributed by atoms with van der Waals surface area (Å²) < 4.78 is 6.27. The van der Waals surface area contributed by atoms with Crippen LogP contribution in [0.25, 0.3) is 76.9 Å². The molecule has 0 atom stereocenters. The van der Waals surface area contributed by atoms with E-state index in [-0.39, 0.29) is 0 Å². The smallest absolute Gasteiger partial charge is 0.136 e. The van der Waals surface area contributed by atoms with E-state index in [1.165, 1.54) is 43.8 Å². The van der Waals surface area contributed by atoms with Gasteiger partial charge in [0.05, 0.1) is 0 Å². The van der Waals surface area contributed by atoms with E-state index in [1.54, 1.807) is 0 Å². The number of rotatable bonds is 6. The van der Waals surface area contributed by atoms with Gasteiger partial charge in [-0.1, -0.05) is 146 Å². The lowest BCUT2D eigenvalue weighted by Crippen LogP contribution is -2.10. The van der Waals surface area contributed by atoms with E-state index in [1.807, 2.05) is 12.1 Å². The fourth-order valence-electron chi connectivity index (χ4n) is 7.71. The maximum absolute atomic E-state index is 6.27. The average molecular weight is 664 g/mol. The van der Waals surface area contributed by atoms with Crippen molar-refractivity contribution in [2.75, 3.05) is 4.90 Å². The molecule has 2 heteroatoms. The van der Waals surface area contributed by atoms with E-state index < -0.39 is 0 Å². The van der Waals surface area contributed by atoms with Gasteiger partial charge in [-0.05, 0) is 110 Å². The molecule has 10 rings (SSSR count). The minimum atomic E-state index is 0.897. The summed E-state index contributed by atoms with van der Waals surface area (Å²) in [6.07, 6.45) is 0. The Morgan fingerprint density at radius 2 is 0.865 bits per heavy atom. The number of benzene rings is 9. The van der Waals surface area contributed by atoms with Gasteiger partial charge in [0, 0.05) is 27.8 Å². The molecule has 244 valence electrons. The summed E-state index contributed by atoms with van der Waals surface area (Å²) in [4.78, 5) is 2.36. The van der Waals surface area contributed by atoms with Gasteiger partial charge in [0.1, 0.15) is 11.2 Å². The summed E-state index contributed by atoms with van der Waals surface area (Å²) in [6.45, 7) is 0. The van der Waals surface area contributed by atoms with Crippen molar-refractivity contribution in [3.63, 3.8) is 0 Å². The Kier molecular flexibility index (Phi) is 7.18. The minimum Gasteiger partial charge on any atom is -0.456 e. The molecule has 10 aromatic rings. The quantitative estimate of drug-likeness (QED) is 0.165. The molecule has 0 spiro atoms. The Hall–Kier alpha value is -6.90. The second-order valence-electron chi connectivity index (χ2n) is 13.3. The third-order valence-electron chi connectivity index (χ3n) is 10.3. The molecule has 0 N–H and O–H groups in total. The topological polar surface area (TPSA) is 16.4 Å². The van der Waals surface area contributed by atoms with E-state index in [2.05, 4.69) is 193 Å². The highest BCUT2D eigenvalue weighted by Gasteiger charge is 2.16. The van der Waals surface area contributed by atoms with Crippen LogP contribution in [0.2, 0.25) is 0 Å². The lowest BCUT2D eigenvalue weighted by atomic mass is 9.94. The molecule has 0 fully saturated rings. The van der Waals surface area contributed by atoms with Crippen molar-refractivity contribution >= 4 is 60.5 Å². The van der Waals surface area contributed by atoms with Gasteiger partial charge in [0.15, 0.2) is 0 Å². The first-order chi connectivity index (χ1) is 25.8. The van der Waals surface area contributed by atoms with Crippen molar-refractivity contribution in [3.8, 4) is 33.4 Å². The molecular weight excluding hydrogens is 631 g/mol. The van der Waals surface area contributed by atoms with Crippen LogP contribution in [0.1, 0.15) is 0 Å². The Balaban J connectivity index is 1.09. The van der Waals surface area contributed by atoms with Crippen LogP contribution in [0.5, 0.6) is 0 Å². The molecule has 52 heavy (non-hydrogen) atoms. The predicted molar refractivity (Wildman–Crippen MR) is 220 cm³/mol. The Bertz CT molecular complexity index is 2900. The Labute approximate surface area is 302 Å². The van der Waals surface area contributed by atoms with Crippen molar-refractivity contribution < 1.29 is 4.42 Å². The first-order valence-electron chi connectivity index (χ1n) is 17.8. The zero-order valence-corrected chi connectivity index (χ0v) is 28.4. The molecular formula is C50H33NO. The van der Waals surface area contributed by atoms with Crippen LogP contribution in [-0.2, 0) is 0 Å². The number of fused-ring (bicyclic) bond motifs is 6. The van der Waals surface area contributed by atoms with Gasteiger partial charge in [-0.2, -0.15) is 0 Å². The summed E-state index contributed by atoms with van der Waals surface area (Å²) in [5.41, 5.74) is 12.1. The molecule has 0 aliphatic rings. The van der Waals surface area contributed by atoms with Crippen LogP contribution in [0.3, 0.4) is 0 Å². The lowest BCUT2D eigenvalue weighted by molar-refractivity contribution is 0.669. The van der Waals surface area contributed by atoms with Gasteiger partial charge in [0.25, 0.3) is 0 Å². The van der Waals surface area contributed by atoms with Gasteiger partial charge in [-0.15, -0.1) is 0 Å². The van der Waals surface area contributed by atoms with Gasteiger partial charge >= 0.3 is 0 Å². The van der Waals surface area contributed by atoms with Gasteiger partial charge < -0.3 is 9.32 Å². The number of nitrogens with zero attached hydrogens (tertiary/aromatic N) is 1. The minimum absolute atomic E-state index is 0.897. The molecule has 9 aromatic carbocycles. The van der Waals surface area contributed by atoms with Crippen molar-refractivity contribution in [3.05, 3.63) is 200 Å². The van der Waals surface area contributed by atoms with Gasteiger partial charge in [0.2, 0.25) is 0 Å². The molecule has 0 saturated heterocycles. The van der Waals surface area contributed by atoms with E-state index in [0.717, 1.165) is 50.1 Å². The molecule has 0 amide bonds. The third kappa shape index (κ3) is 5.21. The second kappa shape index (κ2) is 12.5. The standard InChI is InChI=1S/C50H33NO/c1-2-11-34(12-3-1)37-14-8-16-41(31-37)51(42-17-9-15-38(32-42)39-26-30-48-47-19-6-7-22-49(47)52-50(48)33-39)40-27-23-36(24-28-40)44-20-10-21-45-43-18-5-4-13-35(43)25-29-46(44)45/h1-33H. The SMILES string of the molecule is c1ccc(-c2cccc(N(c3ccc(-c4cccc5c4ccc4ccccc45)cc3)c3cccc(-c4ccc5c(c4)oc4ccccc45)c3)c2)cc1. The van der Waals surface area contributed by atoms with E-state index >= 15 is 0 Å². The number of para-hydroxylation sites is 1. The van der Waals surface area contributed by atoms with Crippen LogP contribution in [0.4, 0.5) is 17.1 Å². The van der Waals surface area contributed by atoms with Crippen LogP contribution in [-0.4, -0.2) is 0 Å². The van der Waals surface area contributed by atoms with E-state index in [0.29, 0.717) is 0 Å². The molecule has 1 aromatic heterocycles. The largest absolute Gasteiger partial charge is 0.456 e. The Morgan fingerprint density at radius 3 is 1.67 bits per heavy atom. The summed E-state index contributed by atoms with van der Waals surface area (Å²) in [5.74, 6) is 0. The summed E-state index contributed by atoms with van der Waals surface area (Å²) in [6, 6.07) is 71.8. The molecule has 0 radical (unpaired) electrons. The fourth-order valence-corrected chi connectivity index (χ4v) is 7.71. The van der Waals surface area contributed by atoms with Crippen LogP contribution >= 0.6 is 0 Å². The van der Waals surface area contributed by atoms with Crippen LogP contribution in [0.15, 0.2) is 205 Å². The number of hydrogen-bond acceptors (Lipinski definition) is 2.